The van der Waals surface area contributed by atoms with Gasteiger partial charge in [-0.3, -0.25) is 14.7 Å². The molecule has 0 spiro atoms. The van der Waals surface area contributed by atoms with E-state index < -0.39 is 5.97 Å². The Morgan fingerprint density at radius 1 is 1.16 bits per heavy atom. The van der Waals surface area contributed by atoms with Gasteiger partial charge < -0.3 is 10.1 Å². The number of halogens is 1. The minimum atomic E-state index is -0.619. The summed E-state index contributed by atoms with van der Waals surface area (Å²) in [5.74, 6) is -0.774. The van der Waals surface area contributed by atoms with Gasteiger partial charge in [-0.25, -0.2) is 4.39 Å². The molecule has 31 heavy (non-hydrogen) atoms. The minimum Gasteiger partial charge on any atom is -0.481 e. The van der Waals surface area contributed by atoms with Crippen molar-refractivity contribution in [2.45, 2.75) is 39.0 Å². The van der Waals surface area contributed by atoms with E-state index in [2.05, 4.69) is 15.2 Å². The fraction of sp³-hybridized carbons (Fsp3) is 0.292. The second-order valence-electron chi connectivity index (χ2n) is 8.23. The van der Waals surface area contributed by atoms with Crippen LogP contribution in [0, 0.1) is 11.7 Å². The molecular formula is C24H24FN3O3. The lowest BCUT2D eigenvalue weighted by Gasteiger charge is -2.19. The number of nitrogens with zero attached hydrogens (tertiary/aromatic N) is 1. The van der Waals surface area contributed by atoms with Gasteiger partial charge >= 0.3 is 5.97 Å². The summed E-state index contributed by atoms with van der Waals surface area (Å²) in [7, 11) is 0. The van der Waals surface area contributed by atoms with E-state index in [1.54, 1.807) is 18.3 Å². The Morgan fingerprint density at radius 2 is 1.87 bits per heavy atom. The van der Waals surface area contributed by atoms with Crippen molar-refractivity contribution in [1.29, 1.82) is 0 Å². The SMILES string of the molecule is CC(C)c1[nH]c(=O)c2cc3[nH]ncc3cc2c1-c1ccc(F)cc1.O=C(O)C1CCC1. The number of rotatable bonds is 3. The normalized spacial score (nSPS) is 13.8. The molecule has 7 heteroatoms. The molecule has 5 rings (SSSR count). The fourth-order valence-electron chi connectivity index (χ4n) is 3.80. The Kier molecular flexibility index (Phi) is 5.59. The quantitative estimate of drug-likeness (QED) is 0.423. The summed E-state index contributed by atoms with van der Waals surface area (Å²) in [6.07, 6.45) is 4.64. The van der Waals surface area contributed by atoms with Crippen LogP contribution in [-0.2, 0) is 4.79 Å². The van der Waals surface area contributed by atoms with E-state index in [9.17, 15) is 14.0 Å². The van der Waals surface area contributed by atoms with E-state index in [4.69, 9.17) is 5.11 Å². The smallest absolute Gasteiger partial charge is 0.306 e. The van der Waals surface area contributed by atoms with E-state index in [1.165, 1.54) is 12.1 Å². The molecule has 1 saturated carbocycles. The molecule has 3 N–H and O–H groups in total. The second-order valence-corrected chi connectivity index (χ2v) is 8.23. The van der Waals surface area contributed by atoms with Gasteiger partial charge in [0.25, 0.3) is 5.56 Å². The number of H-pyrrole nitrogens is 2. The molecular weight excluding hydrogens is 397 g/mol. The van der Waals surface area contributed by atoms with Crippen LogP contribution in [0.3, 0.4) is 0 Å². The first-order valence-corrected chi connectivity index (χ1v) is 10.4. The van der Waals surface area contributed by atoms with Gasteiger partial charge in [0.2, 0.25) is 0 Å². The van der Waals surface area contributed by atoms with Crippen LogP contribution in [0.1, 0.15) is 44.7 Å². The standard InChI is InChI=1S/C19H16FN3O.C5H8O2/c1-10(2)18-17(11-3-5-13(20)6-4-11)14-7-12-9-21-23-16(12)8-15(14)19(24)22-18;6-5(7)4-2-1-3-4/h3-10H,1-2H3,(H,21,23)(H,22,24);4H,1-3H2,(H,6,7). The Morgan fingerprint density at radius 3 is 2.42 bits per heavy atom. The zero-order chi connectivity index (χ0) is 22.1. The molecule has 1 aliphatic carbocycles. The van der Waals surface area contributed by atoms with Gasteiger partial charge in [0, 0.05) is 22.0 Å². The van der Waals surface area contributed by atoms with Crippen LogP contribution in [0.15, 0.2) is 47.4 Å². The third-order valence-electron chi connectivity index (χ3n) is 5.77. The Labute approximate surface area is 178 Å². The molecule has 1 aliphatic rings. The lowest BCUT2D eigenvalue weighted by molar-refractivity contribution is -0.144. The van der Waals surface area contributed by atoms with Crippen molar-refractivity contribution in [3.05, 3.63) is 64.5 Å². The van der Waals surface area contributed by atoms with Crippen LogP contribution in [0.2, 0.25) is 0 Å². The van der Waals surface area contributed by atoms with Gasteiger partial charge in [-0.15, -0.1) is 0 Å². The number of fused-ring (bicyclic) bond motifs is 2. The van der Waals surface area contributed by atoms with Crippen molar-refractivity contribution >= 4 is 27.6 Å². The average molecular weight is 421 g/mol. The Hall–Kier alpha value is -3.48. The van der Waals surface area contributed by atoms with E-state index in [-0.39, 0.29) is 23.2 Å². The van der Waals surface area contributed by atoms with Crippen molar-refractivity contribution in [3.8, 4) is 11.1 Å². The molecule has 0 amide bonds. The van der Waals surface area contributed by atoms with Crippen LogP contribution in [0.5, 0.6) is 0 Å². The number of carboxylic acid groups (broad SMARTS) is 1. The first kappa shape index (κ1) is 20.8. The van der Waals surface area contributed by atoms with Crippen LogP contribution >= 0.6 is 0 Å². The number of benzene rings is 2. The molecule has 0 radical (unpaired) electrons. The summed E-state index contributed by atoms with van der Waals surface area (Å²) >= 11 is 0. The van der Waals surface area contributed by atoms with Crippen molar-refractivity contribution < 1.29 is 14.3 Å². The van der Waals surface area contributed by atoms with Crippen LogP contribution in [-0.4, -0.2) is 26.3 Å². The molecule has 0 aliphatic heterocycles. The summed E-state index contributed by atoms with van der Waals surface area (Å²) in [6, 6.07) is 10.1. The summed E-state index contributed by atoms with van der Waals surface area (Å²) in [5, 5.41) is 17.5. The highest BCUT2D eigenvalue weighted by Crippen LogP contribution is 2.34. The zero-order valence-corrected chi connectivity index (χ0v) is 17.4. The van der Waals surface area contributed by atoms with Crippen LogP contribution in [0.4, 0.5) is 4.39 Å². The van der Waals surface area contributed by atoms with Crippen molar-refractivity contribution in [2.24, 2.45) is 5.92 Å². The van der Waals surface area contributed by atoms with Gasteiger partial charge in [0.15, 0.2) is 0 Å². The van der Waals surface area contributed by atoms with E-state index in [1.807, 2.05) is 26.0 Å². The largest absolute Gasteiger partial charge is 0.481 e. The number of carbonyl (C=O) groups is 1. The highest BCUT2D eigenvalue weighted by atomic mass is 19.1. The van der Waals surface area contributed by atoms with Crippen molar-refractivity contribution in [2.75, 3.05) is 0 Å². The number of hydrogen-bond acceptors (Lipinski definition) is 3. The highest BCUT2D eigenvalue weighted by molar-refractivity contribution is 6.04. The van der Waals surface area contributed by atoms with Gasteiger partial charge in [-0.05, 0) is 54.0 Å². The van der Waals surface area contributed by atoms with Gasteiger partial charge in [0.05, 0.1) is 17.6 Å². The first-order valence-electron chi connectivity index (χ1n) is 10.4. The predicted molar refractivity (Wildman–Crippen MR) is 119 cm³/mol. The van der Waals surface area contributed by atoms with Gasteiger partial charge in [-0.2, -0.15) is 5.10 Å². The molecule has 2 heterocycles. The molecule has 0 atom stereocenters. The molecule has 0 bridgehead atoms. The zero-order valence-electron chi connectivity index (χ0n) is 17.4. The number of carboxylic acids is 1. The molecule has 2 aromatic carbocycles. The third kappa shape index (κ3) is 4.08. The van der Waals surface area contributed by atoms with Crippen molar-refractivity contribution in [1.82, 2.24) is 15.2 Å². The molecule has 0 unspecified atom stereocenters. The van der Waals surface area contributed by atoms with E-state index in [0.29, 0.717) is 5.39 Å². The maximum atomic E-state index is 13.3. The number of hydrogen-bond donors (Lipinski definition) is 3. The lowest BCUT2D eigenvalue weighted by Crippen LogP contribution is -2.20. The molecule has 6 nitrogen and oxygen atoms in total. The van der Waals surface area contributed by atoms with Crippen LogP contribution in [0.25, 0.3) is 32.8 Å². The van der Waals surface area contributed by atoms with E-state index in [0.717, 1.165) is 52.4 Å². The summed E-state index contributed by atoms with van der Waals surface area (Å²) in [6.45, 7) is 4.06. The van der Waals surface area contributed by atoms with Crippen LogP contribution < -0.4 is 5.56 Å². The monoisotopic (exact) mass is 421 g/mol. The molecule has 0 saturated heterocycles. The maximum Gasteiger partial charge on any atom is 0.306 e. The lowest BCUT2D eigenvalue weighted by atomic mass is 9.86. The number of aromatic nitrogens is 3. The van der Waals surface area contributed by atoms with Gasteiger partial charge in [0.1, 0.15) is 5.82 Å². The Bertz CT molecular complexity index is 1300. The fourth-order valence-corrected chi connectivity index (χ4v) is 3.80. The molecule has 1 fully saturated rings. The van der Waals surface area contributed by atoms with Gasteiger partial charge in [-0.1, -0.05) is 32.4 Å². The Balaban J connectivity index is 0.000000282. The number of pyridine rings is 1. The summed E-state index contributed by atoms with van der Waals surface area (Å²) in [4.78, 5) is 25.5. The average Bonchev–Trinajstić information content (AvgIpc) is 3.14. The number of nitrogens with one attached hydrogen (secondary N) is 2. The van der Waals surface area contributed by atoms with E-state index >= 15 is 0 Å². The highest BCUT2D eigenvalue weighted by Gasteiger charge is 2.23. The predicted octanol–water partition coefficient (Wildman–Crippen LogP) is 5.21. The molecule has 2 aromatic heterocycles. The second kappa shape index (κ2) is 8.34. The molecule has 4 aromatic rings. The minimum absolute atomic E-state index is 0.000000000000000444. The summed E-state index contributed by atoms with van der Waals surface area (Å²) < 4.78 is 13.3. The maximum absolute atomic E-state index is 13.3. The topological polar surface area (TPSA) is 98.8 Å². The van der Waals surface area contributed by atoms with Crippen molar-refractivity contribution in [3.63, 3.8) is 0 Å². The first-order chi connectivity index (χ1) is 14.8. The number of aliphatic carboxylic acids is 1. The number of aromatic amines is 2. The third-order valence-corrected chi connectivity index (χ3v) is 5.77. The molecule has 160 valence electrons. The summed E-state index contributed by atoms with van der Waals surface area (Å²) in [5.41, 5.74) is 3.35.